The van der Waals surface area contributed by atoms with Crippen LogP contribution in [0.2, 0.25) is 5.02 Å². The number of aliphatic imine (C=N–C) groups is 1. The molecule has 1 aliphatic rings. The molecular formula is C25H24ClN3O3S2. The number of halogens is 1. The van der Waals surface area contributed by atoms with Crippen LogP contribution in [-0.4, -0.2) is 42.2 Å². The fraction of sp³-hybridized carbons (Fsp3) is 0.200. The van der Waals surface area contributed by atoms with E-state index in [2.05, 4.69) is 5.32 Å². The number of nitrogens with zero attached hydrogens (tertiary/aromatic N) is 1. The molecule has 0 bridgehead atoms. The predicted molar refractivity (Wildman–Crippen MR) is 142 cm³/mol. The molecule has 0 heterocycles. The molecule has 0 aliphatic heterocycles. The Labute approximate surface area is 212 Å². The highest BCUT2D eigenvalue weighted by Crippen LogP contribution is 2.36. The van der Waals surface area contributed by atoms with Crippen LogP contribution < -0.4 is 5.32 Å². The molecular weight excluding hydrogens is 490 g/mol. The number of amidine groups is 1. The molecule has 1 amide bonds. The summed E-state index contributed by atoms with van der Waals surface area (Å²) in [6.07, 6.45) is 5.37. The molecule has 2 N–H and O–H groups in total. The summed E-state index contributed by atoms with van der Waals surface area (Å²) in [6, 6.07) is 14.4. The quantitative estimate of drug-likeness (QED) is 0.274. The number of Topliss-reactive ketones (excluding diaryl/α,β-unsaturated/α-hetero) is 1. The first-order valence-corrected chi connectivity index (χ1v) is 12.7. The van der Waals surface area contributed by atoms with Gasteiger partial charge in [0.2, 0.25) is 0 Å². The molecule has 2 aromatic carbocycles. The summed E-state index contributed by atoms with van der Waals surface area (Å²) in [6.45, 7) is 1.54. The molecule has 0 saturated heterocycles. The Balaban J connectivity index is 2.02. The normalized spacial score (nSPS) is 15.9. The van der Waals surface area contributed by atoms with Crippen molar-refractivity contribution in [3.63, 3.8) is 0 Å². The number of rotatable bonds is 6. The van der Waals surface area contributed by atoms with Crippen molar-refractivity contribution in [2.45, 2.75) is 24.3 Å². The Hall–Kier alpha value is -2.81. The Morgan fingerprint density at radius 1 is 1.12 bits per heavy atom. The zero-order valence-electron chi connectivity index (χ0n) is 18.9. The van der Waals surface area contributed by atoms with Crippen LogP contribution in [0.25, 0.3) is 0 Å². The lowest BCUT2D eigenvalue weighted by Gasteiger charge is -2.24. The number of alkyl carbamates (subject to hydrolysis) is 1. The Bertz CT molecular complexity index is 1170. The number of ketones is 1. The van der Waals surface area contributed by atoms with E-state index in [9.17, 15) is 9.59 Å². The van der Waals surface area contributed by atoms with E-state index in [4.69, 9.17) is 26.7 Å². The van der Waals surface area contributed by atoms with Crippen molar-refractivity contribution in [1.82, 2.24) is 5.32 Å². The molecule has 0 aromatic heterocycles. The van der Waals surface area contributed by atoms with E-state index in [1.165, 1.54) is 18.9 Å². The second-order valence-electron chi connectivity index (χ2n) is 7.32. The second-order valence-corrected chi connectivity index (χ2v) is 9.67. The lowest BCUT2D eigenvalue weighted by atomic mass is 9.92. The van der Waals surface area contributed by atoms with Gasteiger partial charge in [-0.05, 0) is 67.2 Å². The van der Waals surface area contributed by atoms with Crippen molar-refractivity contribution in [1.29, 1.82) is 5.41 Å². The molecule has 0 spiro atoms. The first-order chi connectivity index (χ1) is 16.3. The van der Waals surface area contributed by atoms with Crippen LogP contribution in [-0.2, 0) is 11.2 Å². The van der Waals surface area contributed by atoms with Gasteiger partial charge in [0.25, 0.3) is 0 Å². The monoisotopic (exact) mass is 513 g/mol. The molecule has 3 rings (SSSR count). The maximum absolute atomic E-state index is 11.7. The second kappa shape index (κ2) is 12.1. The Morgan fingerprint density at radius 3 is 2.38 bits per heavy atom. The smallest absolute Gasteiger partial charge is 0.412 e. The van der Waals surface area contributed by atoms with Crippen LogP contribution in [0.4, 0.5) is 4.79 Å². The number of carbonyl (C=O) groups excluding carboxylic acids is 2. The fourth-order valence-electron chi connectivity index (χ4n) is 3.22. The summed E-state index contributed by atoms with van der Waals surface area (Å²) < 4.78 is 4.69. The SMILES string of the molecule is COC(=O)NC(=NC1C(=N)C=CC(Sc2ccc(C(C)=O)cc2)=C1Cc1ccc(Cl)cc1)SC. The van der Waals surface area contributed by atoms with Gasteiger partial charge in [-0.2, -0.15) is 0 Å². The number of hydrogen-bond acceptors (Lipinski definition) is 7. The summed E-state index contributed by atoms with van der Waals surface area (Å²) in [4.78, 5) is 30.0. The van der Waals surface area contributed by atoms with Gasteiger partial charge in [0.1, 0.15) is 6.04 Å². The lowest BCUT2D eigenvalue weighted by molar-refractivity contribution is 0.101. The fourth-order valence-corrected chi connectivity index (χ4v) is 4.71. The van der Waals surface area contributed by atoms with E-state index in [0.29, 0.717) is 27.9 Å². The number of carbonyl (C=O) groups is 2. The molecule has 176 valence electrons. The Kier molecular flexibility index (Phi) is 9.15. The number of amides is 1. The van der Waals surface area contributed by atoms with E-state index in [1.807, 2.05) is 42.5 Å². The minimum Gasteiger partial charge on any atom is -0.453 e. The summed E-state index contributed by atoms with van der Waals surface area (Å²) in [5.41, 5.74) is 2.92. The first-order valence-electron chi connectivity index (χ1n) is 10.3. The average Bonchev–Trinajstić information content (AvgIpc) is 2.83. The third-order valence-electron chi connectivity index (χ3n) is 4.99. The summed E-state index contributed by atoms with van der Waals surface area (Å²) >= 11 is 8.88. The summed E-state index contributed by atoms with van der Waals surface area (Å²) in [5, 5.41) is 12.2. The van der Waals surface area contributed by atoms with Crippen LogP contribution in [0.1, 0.15) is 22.8 Å². The van der Waals surface area contributed by atoms with Gasteiger partial charge in [-0.3, -0.25) is 10.1 Å². The van der Waals surface area contributed by atoms with Gasteiger partial charge in [0.05, 0.1) is 12.8 Å². The van der Waals surface area contributed by atoms with Crippen LogP contribution in [0.3, 0.4) is 0 Å². The molecule has 2 aromatic rings. The molecule has 9 heteroatoms. The van der Waals surface area contributed by atoms with Crippen LogP contribution in [0.5, 0.6) is 0 Å². The molecule has 6 nitrogen and oxygen atoms in total. The summed E-state index contributed by atoms with van der Waals surface area (Å²) in [7, 11) is 1.29. The van der Waals surface area contributed by atoms with Gasteiger partial charge >= 0.3 is 6.09 Å². The minimum absolute atomic E-state index is 0.0160. The van der Waals surface area contributed by atoms with Gasteiger partial charge in [0, 0.05) is 20.4 Å². The van der Waals surface area contributed by atoms with E-state index in [-0.39, 0.29) is 5.78 Å². The van der Waals surface area contributed by atoms with Crippen molar-refractivity contribution >= 4 is 57.9 Å². The predicted octanol–water partition coefficient (Wildman–Crippen LogP) is 6.16. The first kappa shape index (κ1) is 25.8. The van der Waals surface area contributed by atoms with Crippen molar-refractivity contribution in [3.8, 4) is 0 Å². The van der Waals surface area contributed by atoms with Crippen LogP contribution in [0.15, 0.2) is 81.0 Å². The van der Waals surface area contributed by atoms with E-state index in [1.54, 1.807) is 43.2 Å². The minimum atomic E-state index is -0.616. The number of ether oxygens (including phenoxy) is 1. The molecule has 1 aliphatic carbocycles. The van der Waals surface area contributed by atoms with Crippen molar-refractivity contribution in [2.75, 3.05) is 13.4 Å². The molecule has 34 heavy (non-hydrogen) atoms. The number of methoxy groups -OCH3 is 1. The number of thioether (sulfide) groups is 2. The molecule has 1 atom stereocenters. The van der Waals surface area contributed by atoms with E-state index in [0.717, 1.165) is 20.9 Å². The number of allylic oxidation sites excluding steroid dienone is 1. The third-order valence-corrected chi connectivity index (χ3v) is 6.96. The lowest BCUT2D eigenvalue weighted by Crippen LogP contribution is -2.32. The number of benzene rings is 2. The highest BCUT2D eigenvalue weighted by atomic mass is 35.5. The van der Waals surface area contributed by atoms with E-state index >= 15 is 0 Å². The van der Waals surface area contributed by atoms with Gasteiger partial charge < -0.3 is 10.1 Å². The van der Waals surface area contributed by atoms with E-state index < -0.39 is 12.1 Å². The largest absolute Gasteiger partial charge is 0.453 e. The highest BCUT2D eigenvalue weighted by molar-refractivity contribution is 8.13. The standard InChI is InChI=1S/C25H24ClN3O3S2/c1-15(30)17-6-10-19(11-7-17)34-22-13-12-21(27)23(28-24(33-3)29-25(31)32-2)20(22)14-16-4-8-18(26)9-5-16/h4-13,23,27H,14H2,1-3H3,(H,28,29,31). The maximum Gasteiger partial charge on any atom is 0.412 e. The highest BCUT2D eigenvalue weighted by Gasteiger charge is 2.26. The molecule has 0 saturated carbocycles. The third kappa shape index (κ3) is 6.85. The van der Waals surface area contributed by atoms with Crippen molar-refractivity contribution < 1.29 is 14.3 Å². The molecule has 0 radical (unpaired) electrons. The zero-order valence-corrected chi connectivity index (χ0v) is 21.3. The van der Waals surface area contributed by atoms with Crippen LogP contribution >= 0.6 is 35.1 Å². The Morgan fingerprint density at radius 2 is 1.79 bits per heavy atom. The van der Waals surface area contributed by atoms with Gasteiger partial charge in [0.15, 0.2) is 11.0 Å². The topological polar surface area (TPSA) is 91.6 Å². The van der Waals surface area contributed by atoms with Gasteiger partial charge in [-0.25, -0.2) is 9.79 Å². The number of nitrogens with one attached hydrogen (secondary N) is 2. The maximum atomic E-state index is 11.7. The van der Waals surface area contributed by atoms with Gasteiger partial charge in [-0.1, -0.05) is 59.4 Å². The van der Waals surface area contributed by atoms with Crippen molar-refractivity contribution in [2.24, 2.45) is 4.99 Å². The molecule has 0 fully saturated rings. The van der Waals surface area contributed by atoms with Crippen LogP contribution in [0, 0.1) is 5.41 Å². The zero-order chi connectivity index (χ0) is 24.7. The van der Waals surface area contributed by atoms with Crippen molar-refractivity contribution in [3.05, 3.63) is 87.3 Å². The molecule has 1 unspecified atom stereocenters. The number of hydrogen-bond donors (Lipinski definition) is 2. The summed E-state index contributed by atoms with van der Waals surface area (Å²) in [5.74, 6) is 0.0160. The van der Waals surface area contributed by atoms with Gasteiger partial charge in [-0.15, -0.1) is 0 Å². The average molecular weight is 514 g/mol.